The highest BCUT2D eigenvalue weighted by Gasteiger charge is 2.20. The van der Waals surface area contributed by atoms with E-state index >= 15 is 0 Å². The molecule has 0 heterocycles. The lowest BCUT2D eigenvalue weighted by Crippen LogP contribution is -2.21. The lowest BCUT2D eigenvalue weighted by Gasteiger charge is -2.14. The van der Waals surface area contributed by atoms with E-state index in [9.17, 15) is 14.4 Å². The molecule has 1 amide bonds. The van der Waals surface area contributed by atoms with Crippen LogP contribution in [0.3, 0.4) is 0 Å². The van der Waals surface area contributed by atoms with Gasteiger partial charge in [0.25, 0.3) is 0 Å². The molecular weight excluding hydrogens is 354 g/mol. The summed E-state index contributed by atoms with van der Waals surface area (Å²) in [6.07, 6.45) is -0.0980. The fourth-order valence-electron chi connectivity index (χ4n) is 2.45. The van der Waals surface area contributed by atoms with Crippen molar-refractivity contribution in [3.05, 3.63) is 53.6 Å². The van der Waals surface area contributed by atoms with Gasteiger partial charge in [0.1, 0.15) is 11.3 Å². The van der Waals surface area contributed by atoms with Gasteiger partial charge in [-0.1, -0.05) is 24.3 Å². The second-order valence-electron chi connectivity index (χ2n) is 5.38. The molecule has 2 rings (SSSR count). The van der Waals surface area contributed by atoms with E-state index in [1.807, 2.05) is 0 Å². The van der Waals surface area contributed by atoms with Gasteiger partial charge in [-0.2, -0.15) is 0 Å². The Kier molecular flexibility index (Phi) is 6.90. The Bertz CT molecular complexity index is 848. The van der Waals surface area contributed by atoms with Gasteiger partial charge < -0.3 is 14.2 Å². The number of methoxy groups -OCH3 is 2. The van der Waals surface area contributed by atoms with Gasteiger partial charge in [-0.15, -0.1) is 0 Å². The summed E-state index contributed by atoms with van der Waals surface area (Å²) in [5, 5.41) is 8.53. The number of esters is 2. The summed E-state index contributed by atoms with van der Waals surface area (Å²) in [6.45, 7) is -0.0535. The van der Waals surface area contributed by atoms with E-state index in [2.05, 4.69) is 0 Å². The number of hydroxylamine groups is 1. The average molecular weight is 373 g/mol. The Balaban J connectivity index is 2.44. The van der Waals surface area contributed by atoms with Crippen molar-refractivity contribution in [1.82, 2.24) is 5.48 Å². The maximum Gasteiger partial charge on any atom is 0.342 e. The van der Waals surface area contributed by atoms with Crippen molar-refractivity contribution >= 4 is 17.8 Å². The van der Waals surface area contributed by atoms with E-state index < -0.39 is 17.8 Å². The van der Waals surface area contributed by atoms with Gasteiger partial charge in [-0.25, -0.2) is 15.1 Å². The molecule has 2 N–H and O–H groups in total. The van der Waals surface area contributed by atoms with Crippen molar-refractivity contribution in [2.24, 2.45) is 0 Å². The Morgan fingerprint density at radius 2 is 1.70 bits per heavy atom. The molecular formula is C19H19NO7. The van der Waals surface area contributed by atoms with Crippen molar-refractivity contribution in [3.63, 3.8) is 0 Å². The molecule has 0 saturated carbocycles. The fraction of sp³-hybridized carbons (Fsp3) is 0.211. The molecule has 142 valence electrons. The van der Waals surface area contributed by atoms with E-state index in [1.54, 1.807) is 42.5 Å². The molecule has 0 aliphatic carbocycles. The number of rotatable bonds is 7. The molecule has 0 bridgehead atoms. The number of nitrogens with one attached hydrogen (secondary N) is 1. The third kappa shape index (κ3) is 4.83. The maximum atomic E-state index is 12.3. The third-order valence-corrected chi connectivity index (χ3v) is 3.72. The van der Waals surface area contributed by atoms with Gasteiger partial charge in [0.15, 0.2) is 0 Å². The molecule has 0 aliphatic heterocycles. The number of amides is 1. The maximum absolute atomic E-state index is 12.3. The van der Waals surface area contributed by atoms with Crippen molar-refractivity contribution in [2.45, 2.75) is 6.42 Å². The van der Waals surface area contributed by atoms with Crippen LogP contribution >= 0.6 is 0 Å². The van der Waals surface area contributed by atoms with Gasteiger partial charge in [-0.3, -0.25) is 10.0 Å². The Hall–Kier alpha value is -3.39. The van der Waals surface area contributed by atoms with Crippen LogP contribution in [0, 0.1) is 0 Å². The number of hydrogen-bond acceptors (Lipinski definition) is 7. The minimum absolute atomic E-state index is 0.0535. The van der Waals surface area contributed by atoms with Crippen LogP contribution in [-0.4, -0.2) is 43.9 Å². The quantitative estimate of drug-likeness (QED) is 0.435. The Morgan fingerprint density at radius 1 is 1.00 bits per heavy atom. The summed E-state index contributed by atoms with van der Waals surface area (Å²) >= 11 is 0. The lowest BCUT2D eigenvalue weighted by molar-refractivity contribution is -0.129. The zero-order chi connectivity index (χ0) is 19.8. The first-order valence-corrected chi connectivity index (χ1v) is 7.97. The van der Waals surface area contributed by atoms with Crippen molar-refractivity contribution < 1.29 is 33.8 Å². The predicted octanol–water partition coefficient (Wildman–Crippen LogP) is 2.20. The summed E-state index contributed by atoms with van der Waals surface area (Å²) < 4.78 is 15.1. The first-order chi connectivity index (χ1) is 13.0. The monoisotopic (exact) mass is 373 g/mol. The average Bonchev–Trinajstić information content (AvgIpc) is 2.72. The molecule has 0 aromatic heterocycles. The highest BCUT2D eigenvalue weighted by molar-refractivity contribution is 6.01. The minimum Gasteiger partial charge on any atom is -0.492 e. The number of hydrogen-bond donors (Lipinski definition) is 2. The van der Waals surface area contributed by atoms with Crippen LogP contribution in [0.15, 0.2) is 42.5 Å². The summed E-state index contributed by atoms with van der Waals surface area (Å²) in [4.78, 5) is 35.2. The number of carbonyl (C=O) groups excluding carboxylic acids is 3. The zero-order valence-corrected chi connectivity index (χ0v) is 14.9. The van der Waals surface area contributed by atoms with Crippen molar-refractivity contribution in [3.8, 4) is 16.9 Å². The lowest BCUT2D eigenvalue weighted by atomic mass is 9.97. The first kappa shape index (κ1) is 19.9. The highest BCUT2D eigenvalue weighted by atomic mass is 16.5. The summed E-state index contributed by atoms with van der Waals surface area (Å²) in [5.74, 6) is -1.53. The molecule has 2 aromatic carbocycles. The van der Waals surface area contributed by atoms with Crippen LogP contribution in [0.5, 0.6) is 5.75 Å². The van der Waals surface area contributed by atoms with Crippen LogP contribution in [0.1, 0.15) is 27.1 Å². The molecule has 0 spiro atoms. The summed E-state index contributed by atoms with van der Waals surface area (Å²) in [6, 6.07) is 11.5. The number of benzene rings is 2. The smallest absolute Gasteiger partial charge is 0.342 e. The van der Waals surface area contributed by atoms with Crippen LogP contribution in [0.4, 0.5) is 0 Å². The molecule has 0 saturated heterocycles. The molecule has 8 heteroatoms. The second kappa shape index (κ2) is 9.35. The molecule has 0 radical (unpaired) electrons. The molecule has 0 atom stereocenters. The van der Waals surface area contributed by atoms with Crippen LogP contribution < -0.4 is 10.2 Å². The zero-order valence-electron chi connectivity index (χ0n) is 14.9. The van der Waals surface area contributed by atoms with Gasteiger partial charge in [-0.05, 0) is 29.3 Å². The van der Waals surface area contributed by atoms with Crippen LogP contribution in [0.2, 0.25) is 0 Å². The Morgan fingerprint density at radius 3 is 2.37 bits per heavy atom. The molecule has 0 unspecified atom stereocenters. The molecule has 0 fully saturated rings. The summed E-state index contributed by atoms with van der Waals surface area (Å²) in [5.41, 5.74) is 3.09. The number of carbonyl (C=O) groups is 3. The first-order valence-electron chi connectivity index (χ1n) is 7.97. The second-order valence-corrected chi connectivity index (χ2v) is 5.38. The molecule has 27 heavy (non-hydrogen) atoms. The van der Waals surface area contributed by atoms with Gasteiger partial charge >= 0.3 is 11.9 Å². The van der Waals surface area contributed by atoms with E-state index in [0.29, 0.717) is 16.7 Å². The minimum atomic E-state index is -0.629. The molecule has 8 nitrogen and oxygen atoms in total. The topological polar surface area (TPSA) is 111 Å². The van der Waals surface area contributed by atoms with Crippen molar-refractivity contribution in [2.75, 3.05) is 20.8 Å². The standard InChI is InChI=1S/C19H19NO7/c1-25-18(22)13-6-3-5-12(11-13)14-7-4-8-15(17(14)19(23)26-2)27-10-9-16(21)20-24/h3-8,11,24H,9-10H2,1-2H3,(H,20,21). The number of ether oxygens (including phenoxy) is 3. The SMILES string of the molecule is COC(=O)c1cccc(-c2cccc(OCCC(=O)NO)c2C(=O)OC)c1. The third-order valence-electron chi connectivity index (χ3n) is 3.72. The van der Waals surface area contributed by atoms with Gasteiger partial charge in [0.2, 0.25) is 5.91 Å². The van der Waals surface area contributed by atoms with Crippen molar-refractivity contribution in [1.29, 1.82) is 0 Å². The molecule has 0 aliphatic rings. The van der Waals surface area contributed by atoms with Gasteiger partial charge in [0.05, 0.1) is 32.8 Å². The Labute approximate surface area is 155 Å². The van der Waals surface area contributed by atoms with Crippen LogP contribution in [0.25, 0.3) is 11.1 Å². The van der Waals surface area contributed by atoms with Gasteiger partial charge in [0, 0.05) is 0 Å². The predicted molar refractivity (Wildman–Crippen MR) is 94.6 cm³/mol. The van der Waals surface area contributed by atoms with E-state index in [-0.39, 0.29) is 24.3 Å². The van der Waals surface area contributed by atoms with E-state index in [4.69, 9.17) is 19.4 Å². The fourth-order valence-corrected chi connectivity index (χ4v) is 2.45. The van der Waals surface area contributed by atoms with Crippen LogP contribution in [-0.2, 0) is 14.3 Å². The summed E-state index contributed by atoms with van der Waals surface area (Å²) in [7, 11) is 2.53. The van der Waals surface area contributed by atoms with E-state index in [0.717, 1.165) is 0 Å². The normalized spacial score (nSPS) is 10.0. The largest absolute Gasteiger partial charge is 0.492 e. The highest BCUT2D eigenvalue weighted by Crippen LogP contribution is 2.32. The molecule has 2 aromatic rings. The van der Waals surface area contributed by atoms with E-state index in [1.165, 1.54) is 19.7 Å².